The number of carbonyl (C=O) groups excluding carboxylic acids is 5. The SMILES string of the molecule is CCCCCCCCCOC(=O)CCCCCCC(=O)N1CCc2c(sc(C(C)C(=O)CCCCCOC(=O)C(CCCCCC)CCCCCCCC)c2C(=O)NCCCN(C)C)C1. The summed E-state index contributed by atoms with van der Waals surface area (Å²) >= 11 is 1.53. The lowest BCUT2D eigenvalue weighted by atomic mass is 9.92. The van der Waals surface area contributed by atoms with Gasteiger partial charge < -0.3 is 24.6 Å². The van der Waals surface area contributed by atoms with Crippen molar-refractivity contribution in [2.45, 2.75) is 239 Å². The molecule has 2 atom stereocenters. The quantitative estimate of drug-likeness (QED) is 0.0509. The monoisotopic (exact) mass is 930 g/mol. The minimum Gasteiger partial charge on any atom is -0.466 e. The highest BCUT2D eigenvalue weighted by Gasteiger charge is 2.33. The number of hydrogen-bond acceptors (Lipinski definition) is 9. The first-order valence-corrected chi connectivity index (χ1v) is 27.6. The van der Waals surface area contributed by atoms with Crippen LogP contribution in [0.5, 0.6) is 0 Å². The van der Waals surface area contributed by atoms with Gasteiger partial charge in [-0.25, -0.2) is 0 Å². The minimum atomic E-state index is -0.428. The van der Waals surface area contributed by atoms with E-state index in [0.29, 0.717) is 70.5 Å². The maximum Gasteiger partial charge on any atom is 0.308 e. The van der Waals surface area contributed by atoms with Crippen molar-refractivity contribution < 1.29 is 33.4 Å². The predicted octanol–water partition coefficient (Wildman–Crippen LogP) is 13.1. The Kier molecular flexibility index (Phi) is 33.4. The molecule has 0 saturated carbocycles. The van der Waals surface area contributed by atoms with Gasteiger partial charge >= 0.3 is 11.9 Å². The molecular weight excluding hydrogens is 835 g/mol. The van der Waals surface area contributed by atoms with Crippen LogP contribution in [0.2, 0.25) is 0 Å². The van der Waals surface area contributed by atoms with Crippen LogP contribution in [-0.4, -0.2) is 86.3 Å². The van der Waals surface area contributed by atoms with Crippen LogP contribution < -0.4 is 5.32 Å². The minimum absolute atomic E-state index is 0.00858. The van der Waals surface area contributed by atoms with Crippen molar-refractivity contribution in [3.63, 3.8) is 0 Å². The molecule has 1 aliphatic heterocycles. The fraction of sp³-hybridized carbons (Fsp3) is 0.833. The Hall–Kier alpha value is -2.79. The standard InChI is InChI=1S/C54H95N3O7S/c1-7-10-13-16-18-22-29-41-63-50(60)36-28-21-20-27-35-49(59)57-40-37-46-48(43-57)65-52(51(46)53(61)55-38-31-39-56(5)6)44(4)47(58)34-26-23-30-42-64-54(62)45(32-24-15-12-9-3)33-25-19-17-14-11-8-2/h44-45H,7-43H2,1-6H3,(H,55,61). The molecule has 1 aliphatic rings. The van der Waals surface area contributed by atoms with E-state index in [1.807, 2.05) is 25.9 Å². The van der Waals surface area contributed by atoms with Gasteiger partial charge in [0.2, 0.25) is 5.91 Å². The van der Waals surface area contributed by atoms with Gasteiger partial charge in [0.05, 0.1) is 37.2 Å². The number of rotatable bonds is 41. The lowest BCUT2D eigenvalue weighted by Crippen LogP contribution is -2.36. The molecule has 374 valence electrons. The molecule has 0 fully saturated rings. The second-order valence-corrected chi connectivity index (χ2v) is 20.4. The van der Waals surface area contributed by atoms with Crippen LogP contribution in [0.4, 0.5) is 0 Å². The summed E-state index contributed by atoms with van der Waals surface area (Å²) in [5, 5.41) is 3.13. The van der Waals surface area contributed by atoms with Gasteiger partial charge in [-0.1, -0.05) is 143 Å². The molecule has 2 rings (SSSR count). The van der Waals surface area contributed by atoms with E-state index >= 15 is 0 Å². The first-order valence-electron chi connectivity index (χ1n) is 26.7. The lowest BCUT2D eigenvalue weighted by Gasteiger charge is -2.27. The topological polar surface area (TPSA) is 122 Å². The zero-order valence-corrected chi connectivity index (χ0v) is 43.3. The van der Waals surface area contributed by atoms with E-state index in [9.17, 15) is 24.0 Å². The van der Waals surface area contributed by atoms with Crippen molar-refractivity contribution in [3.05, 3.63) is 20.9 Å². The molecule has 0 aromatic carbocycles. The fourth-order valence-corrected chi connectivity index (χ4v) is 10.3. The van der Waals surface area contributed by atoms with Gasteiger partial charge in [-0.3, -0.25) is 24.0 Å². The molecule has 10 nitrogen and oxygen atoms in total. The van der Waals surface area contributed by atoms with Crippen LogP contribution in [-0.2, 0) is 41.6 Å². The Morgan fingerprint density at radius 1 is 0.646 bits per heavy atom. The highest BCUT2D eigenvalue weighted by atomic mass is 32.1. The summed E-state index contributed by atoms with van der Waals surface area (Å²) in [6.07, 6.45) is 30.5. The van der Waals surface area contributed by atoms with E-state index in [1.54, 1.807) is 0 Å². The van der Waals surface area contributed by atoms with Crippen molar-refractivity contribution in [3.8, 4) is 0 Å². The van der Waals surface area contributed by atoms with E-state index in [0.717, 1.165) is 105 Å². The summed E-state index contributed by atoms with van der Waals surface area (Å²) in [6.45, 7) is 11.9. The normalized spacial score (nSPS) is 13.4. The second-order valence-electron chi connectivity index (χ2n) is 19.2. The van der Waals surface area contributed by atoms with E-state index in [2.05, 4.69) is 31.0 Å². The number of esters is 2. The van der Waals surface area contributed by atoms with Crippen molar-refractivity contribution in [2.75, 3.05) is 46.9 Å². The van der Waals surface area contributed by atoms with Gasteiger partial charge in [0.15, 0.2) is 0 Å². The van der Waals surface area contributed by atoms with E-state index in [4.69, 9.17) is 9.47 Å². The first kappa shape index (κ1) is 58.3. The van der Waals surface area contributed by atoms with Gasteiger partial charge in [0.25, 0.3) is 5.91 Å². The Bertz CT molecular complexity index is 1460. The van der Waals surface area contributed by atoms with Gasteiger partial charge in [0, 0.05) is 42.1 Å². The summed E-state index contributed by atoms with van der Waals surface area (Å²) < 4.78 is 11.2. The number of ketones is 1. The van der Waals surface area contributed by atoms with Crippen LogP contribution in [0.3, 0.4) is 0 Å². The summed E-state index contributed by atoms with van der Waals surface area (Å²) in [7, 11) is 4.03. The largest absolute Gasteiger partial charge is 0.466 e. The number of hydrogen-bond donors (Lipinski definition) is 1. The molecule has 1 N–H and O–H groups in total. The molecular formula is C54H95N3O7S. The highest BCUT2D eigenvalue weighted by molar-refractivity contribution is 7.12. The third-order valence-electron chi connectivity index (χ3n) is 13.1. The molecule has 2 heterocycles. The number of fused-ring (bicyclic) bond motifs is 1. The number of amides is 2. The van der Waals surface area contributed by atoms with Crippen molar-refractivity contribution in [2.24, 2.45) is 5.92 Å². The number of carbonyl (C=O) groups is 5. The first-order chi connectivity index (χ1) is 31.5. The van der Waals surface area contributed by atoms with E-state index in [1.165, 1.54) is 94.8 Å². The maximum atomic E-state index is 13.8. The number of Topliss-reactive ketones (excluding diaryl/α,β-unsaturated/α-hetero) is 1. The highest BCUT2D eigenvalue weighted by Crippen LogP contribution is 2.39. The maximum absolute atomic E-state index is 13.8. The van der Waals surface area contributed by atoms with E-state index in [-0.39, 0.29) is 35.5 Å². The third kappa shape index (κ3) is 25.8. The third-order valence-corrected chi connectivity index (χ3v) is 14.5. The summed E-state index contributed by atoms with van der Waals surface area (Å²) in [6, 6.07) is 0. The molecule has 0 aliphatic carbocycles. The van der Waals surface area contributed by atoms with Gasteiger partial charge in [-0.05, 0) is 90.4 Å². The number of nitrogens with one attached hydrogen (secondary N) is 1. The zero-order valence-electron chi connectivity index (χ0n) is 42.5. The molecule has 0 spiro atoms. The number of ether oxygens (including phenoxy) is 2. The Labute approximate surface area is 400 Å². The molecule has 1 aromatic rings. The predicted molar refractivity (Wildman–Crippen MR) is 269 cm³/mol. The number of unbranched alkanes of at least 4 members (excludes halogenated alkanes) is 19. The molecule has 0 saturated heterocycles. The lowest BCUT2D eigenvalue weighted by molar-refractivity contribution is -0.149. The number of thiophene rings is 1. The van der Waals surface area contributed by atoms with Gasteiger partial charge in [0.1, 0.15) is 5.78 Å². The van der Waals surface area contributed by atoms with Crippen molar-refractivity contribution >= 4 is 40.9 Å². The summed E-state index contributed by atoms with van der Waals surface area (Å²) in [4.78, 5) is 72.1. The fourth-order valence-electron chi connectivity index (χ4n) is 8.85. The van der Waals surface area contributed by atoms with Crippen LogP contribution in [0.1, 0.15) is 252 Å². The van der Waals surface area contributed by atoms with Gasteiger partial charge in [-0.15, -0.1) is 11.3 Å². The molecule has 65 heavy (non-hydrogen) atoms. The van der Waals surface area contributed by atoms with Crippen LogP contribution in [0, 0.1) is 5.92 Å². The zero-order chi connectivity index (χ0) is 47.5. The smallest absolute Gasteiger partial charge is 0.308 e. The molecule has 11 heteroatoms. The number of nitrogens with zero attached hydrogens (tertiary/aromatic N) is 2. The Balaban J connectivity index is 1.87. The Morgan fingerprint density at radius 2 is 1.17 bits per heavy atom. The average molecular weight is 930 g/mol. The van der Waals surface area contributed by atoms with Gasteiger partial charge in [-0.2, -0.15) is 0 Å². The summed E-state index contributed by atoms with van der Waals surface area (Å²) in [5.74, 6) is -0.497. The average Bonchev–Trinajstić information content (AvgIpc) is 3.68. The molecule has 2 amide bonds. The van der Waals surface area contributed by atoms with Crippen LogP contribution >= 0.6 is 11.3 Å². The van der Waals surface area contributed by atoms with Crippen LogP contribution in [0.25, 0.3) is 0 Å². The molecule has 1 aromatic heterocycles. The Morgan fingerprint density at radius 3 is 1.80 bits per heavy atom. The molecule has 0 radical (unpaired) electrons. The second kappa shape index (κ2) is 37.2. The molecule has 0 bridgehead atoms. The summed E-state index contributed by atoms with van der Waals surface area (Å²) in [5.41, 5.74) is 1.63. The van der Waals surface area contributed by atoms with Crippen molar-refractivity contribution in [1.82, 2.24) is 15.1 Å². The molecule has 2 unspecified atom stereocenters. The van der Waals surface area contributed by atoms with Crippen LogP contribution in [0.15, 0.2) is 0 Å². The van der Waals surface area contributed by atoms with E-state index < -0.39 is 5.92 Å². The van der Waals surface area contributed by atoms with Crippen molar-refractivity contribution in [1.29, 1.82) is 0 Å².